The quantitative estimate of drug-likeness (QED) is 0.670. The van der Waals surface area contributed by atoms with E-state index in [2.05, 4.69) is 84.4 Å². The van der Waals surface area contributed by atoms with E-state index in [1.54, 1.807) is 0 Å². The minimum Gasteiger partial charge on any atom is -0.372 e. The molecule has 32 heavy (non-hydrogen) atoms. The zero-order chi connectivity index (χ0) is 22.5. The second-order valence-electron chi connectivity index (χ2n) is 10.0. The number of hydrogen-bond donors (Lipinski definition) is 1. The Hall–Kier alpha value is -2.33. The van der Waals surface area contributed by atoms with Crippen LogP contribution < -0.4 is 10.2 Å². The van der Waals surface area contributed by atoms with Crippen LogP contribution in [0.1, 0.15) is 62.3 Å². The van der Waals surface area contributed by atoms with Crippen molar-refractivity contribution in [2.24, 2.45) is 11.8 Å². The van der Waals surface area contributed by atoms with Crippen molar-refractivity contribution in [2.75, 3.05) is 31.1 Å². The summed E-state index contributed by atoms with van der Waals surface area (Å²) in [5.41, 5.74) is 5.16. The van der Waals surface area contributed by atoms with E-state index < -0.39 is 0 Å². The van der Waals surface area contributed by atoms with Gasteiger partial charge in [-0.1, -0.05) is 48.9 Å². The Bertz CT molecular complexity index is 878. The number of anilines is 1. The zero-order valence-electron chi connectivity index (χ0n) is 20.0. The van der Waals surface area contributed by atoms with Crippen LogP contribution in [0.4, 0.5) is 5.69 Å². The van der Waals surface area contributed by atoms with Crippen molar-refractivity contribution in [1.82, 2.24) is 10.2 Å². The minimum atomic E-state index is 0.0447. The molecule has 2 aliphatic rings. The molecule has 1 amide bonds. The summed E-state index contributed by atoms with van der Waals surface area (Å²) in [6.07, 6.45) is 4.43. The van der Waals surface area contributed by atoms with Gasteiger partial charge in [0.2, 0.25) is 5.91 Å². The van der Waals surface area contributed by atoms with Crippen LogP contribution in [-0.2, 0) is 11.3 Å². The molecule has 0 saturated carbocycles. The molecule has 1 N–H and O–H groups in total. The monoisotopic (exact) mass is 433 g/mol. The van der Waals surface area contributed by atoms with Gasteiger partial charge in [0.25, 0.3) is 0 Å². The molecule has 2 heterocycles. The summed E-state index contributed by atoms with van der Waals surface area (Å²) in [6, 6.07) is 17.6. The standard InChI is InChI=1S/C28H39N3O/c1-21-11-17-31(18-12-21)27-9-7-25(8-10-27)23(3)29-28(32)26-13-15-30(16-14-26)20-24-6-4-5-22(2)19-24/h4-10,19,21,23,26H,11-18,20H2,1-3H3,(H,29,32). The summed E-state index contributed by atoms with van der Waals surface area (Å²) >= 11 is 0. The fourth-order valence-corrected chi connectivity index (χ4v) is 5.08. The lowest BCUT2D eigenvalue weighted by atomic mass is 9.94. The topological polar surface area (TPSA) is 35.6 Å². The van der Waals surface area contributed by atoms with Gasteiger partial charge in [0.15, 0.2) is 0 Å². The number of piperidine rings is 2. The molecule has 0 spiro atoms. The smallest absolute Gasteiger partial charge is 0.223 e. The largest absolute Gasteiger partial charge is 0.372 e. The maximum Gasteiger partial charge on any atom is 0.223 e. The molecule has 0 radical (unpaired) electrons. The molecular formula is C28H39N3O. The molecule has 4 rings (SSSR count). The number of nitrogens with zero attached hydrogens (tertiary/aromatic N) is 2. The van der Waals surface area contributed by atoms with Crippen molar-refractivity contribution in [2.45, 2.75) is 59.0 Å². The van der Waals surface area contributed by atoms with E-state index in [0.717, 1.165) is 51.5 Å². The number of carbonyl (C=O) groups is 1. The van der Waals surface area contributed by atoms with Crippen LogP contribution in [0.2, 0.25) is 0 Å². The van der Waals surface area contributed by atoms with Crippen molar-refractivity contribution >= 4 is 11.6 Å². The predicted molar refractivity (Wildman–Crippen MR) is 133 cm³/mol. The van der Waals surface area contributed by atoms with Gasteiger partial charge in [-0.25, -0.2) is 0 Å². The third kappa shape index (κ3) is 5.92. The first-order valence-electron chi connectivity index (χ1n) is 12.4. The van der Waals surface area contributed by atoms with E-state index in [1.165, 1.54) is 35.2 Å². The maximum absolute atomic E-state index is 12.9. The third-order valence-electron chi connectivity index (χ3n) is 7.35. The van der Waals surface area contributed by atoms with Gasteiger partial charge in [-0.3, -0.25) is 9.69 Å². The summed E-state index contributed by atoms with van der Waals surface area (Å²) in [5.74, 6) is 1.18. The van der Waals surface area contributed by atoms with E-state index >= 15 is 0 Å². The Balaban J connectivity index is 1.24. The van der Waals surface area contributed by atoms with Crippen LogP contribution in [0.3, 0.4) is 0 Å². The van der Waals surface area contributed by atoms with E-state index in [0.29, 0.717) is 0 Å². The van der Waals surface area contributed by atoms with Gasteiger partial charge in [-0.15, -0.1) is 0 Å². The lowest BCUT2D eigenvalue weighted by Gasteiger charge is -2.32. The number of rotatable bonds is 6. The highest BCUT2D eigenvalue weighted by Gasteiger charge is 2.26. The Morgan fingerprint density at radius 3 is 2.34 bits per heavy atom. The van der Waals surface area contributed by atoms with Crippen molar-refractivity contribution in [3.05, 3.63) is 65.2 Å². The van der Waals surface area contributed by atoms with Gasteiger partial charge in [0, 0.05) is 31.2 Å². The first-order chi connectivity index (χ1) is 15.5. The van der Waals surface area contributed by atoms with Gasteiger partial charge < -0.3 is 10.2 Å². The van der Waals surface area contributed by atoms with Crippen molar-refractivity contribution < 1.29 is 4.79 Å². The Morgan fingerprint density at radius 1 is 1.00 bits per heavy atom. The molecule has 0 aromatic heterocycles. The van der Waals surface area contributed by atoms with Gasteiger partial charge in [-0.05, 0) is 81.8 Å². The van der Waals surface area contributed by atoms with Gasteiger partial charge in [-0.2, -0.15) is 0 Å². The molecule has 4 nitrogen and oxygen atoms in total. The first kappa shape index (κ1) is 22.8. The molecule has 1 atom stereocenters. The molecule has 2 aromatic carbocycles. The van der Waals surface area contributed by atoms with Crippen molar-refractivity contribution in [3.63, 3.8) is 0 Å². The number of likely N-dealkylation sites (tertiary alicyclic amines) is 1. The van der Waals surface area contributed by atoms with E-state index in [-0.39, 0.29) is 17.9 Å². The molecule has 0 aliphatic carbocycles. The zero-order valence-corrected chi connectivity index (χ0v) is 20.0. The average molecular weight is 434 g/mol. The van der Waals surface area contributed by atoms with Gasteiger partial charge >= 0.3 is 0 Å². The summed E-state index contributed by atoms with van der Waals surface area (Å²) < 4.78 is 0. The highest BCUT2D eigenvalue weighted by atomic mass is 16.1. The highest BCUT2D eigenvalue weighted by molar-refractivity contribution is 5.79. The Morgan fingerprint density at radius 2 is 1.69 bits per heavy atom. The lowest BCUT2D eigenvalue weighted by molar-refractivity contribution is -0.127. The van der Waals surface area contributed by atoms with Crippen LogP contribution in [0.25, 0.3) is 0 Å². The third-order valence-corrected chi connectivity index (χ3v) is 7.35. The molecule has 2 saturated heterocycles. The summed E-state index contributed by atoms with van der Waals surface area (Å²) in [4.78, 5) is 17.9. The number of aryl methyl sites for hydroxylation is 1. The second kappa shape index (κ2) is 10.5. The molecule has 4 heteroatoms. The van der Waals surface area contributed by atoms with Gasteiger partial charge in [0.05, 0.1) is 6.04 Å². The molecule has 2 aromatic rings. The molecule has 172 valence electrons. The SMILES string of the molecule is Cc1cccc(CN2CCC(C(=O)NC(C)c3ccc(N4CCC(C)CC4)cc3)CC2)c1. The van der Waals surface area contributed by atoms with E-state index in [1.807, 2.05) is 0 Å². The molecule has 2 fully saturated rings. The molecule has 2 aliphatic heterocycles. The number of hydrogen-bond acceptors (Lipinski definition) is 3. The molecule has 1 unspecified atom stereocenters. The Labute approximate surface area is 194 Å². The van der Waals surface area contributed by atoms with Crippen LogP contribution in [-0.4, -0.2) is 37.0 Å². The van der Waals surface area contributed by atoms with Crippen LogP contribution in [0.15, 0.2) is 48.5 Å². The highest BCUT2D eigenvalue weighted by Crippen LogP contribution is 2.25. The lowest BCUT2D eigenvalue weighted by Crippen LogP contribution is -2.40. The fraction of sp³-hybridized carbons (Fsp3) is 0.536. The Kier molecular flexibility index (Phi) is 7.51. The van der Waals surface area contributed by atoms with Crippen molar-refractivity contribution in [3.8, 4) is 0 Å². The maximum atomic E-state index is 12.9. The fourth-order valence-electron chi connectivity index (χ4n) is 5.08. The van der Waals surface area contributed by atoms with E-state index in [4.69, 9.17) is 0 Å². The predicted octanol–water partition coefficient (Wildman–Crippen LogP) is 5.32. The van der Waals surface area contributed by atoms with E-state index in [9.17, 15) is 4.79 Å². The van der Waals surface area contributed by atoms with Crippen LogP contribution in [0, 0.1) is 18.8 Å². The first-order valence-corrected chi connectivity index (χ1v) is 12.4. The number of nitrogens with one attached hydrogen (secondary N) is 1. The molecular weight excluding hydrogens is 394 g/mol. The number of amides is 1. The van der Waals surface area contributed by atoms with Crippen molar-refractivity contribution in [1.29, 1.82) is 0 Å². The van der Waals surface area contributed by atoms with Crippen LogP contribution >= 0.6 is 0 Å². The number of carbonyl (C=O) groups excluding carboxylic acids is 1. The second-order valence-corrected chi connectivity index (χ2v) is 10.0. The average Bonchev–Trinajstić information content (AvgIpc) is 2.80. The van der Waals surface area contributed by atoms with Gasteiger partial charge in [0.1, 0.15) is 0 Å². The summed E-state index contributed by atoms with van der Waals surface area (Å²) in [5, 5.41) is 3.27. The summed E-state index contributed by atoms with van der Waals surface area (Å²) in [6.45, 7) is 11.8. The normalized spacial score (nSPS) is 19.7. The van der Waals surface area contributed by atoms with Crippen LogP contribution in [0.5, 0.6) is 0 Å². The molecule has 0 bridgehead atoms. The summed E-state index contributed by atoms with van der Waals surface area (Å²) in [7, 11) is 0. The minimum absolute atomic E-state index is 0.0447. The number of benzene rings is 2.